The normalized spacial score (nSPS) is 23.6. The Morgan fingerprint density at radius 2 is 2.00 bits per heavy atom. The summed E-state index contributed by atoms with van der Waals surface area (Å²) in [5, 5.41) is 1.06. The van der Waals surface area contributed by atoms with Crippen molar-refractivity contribution in [2.45, 2.75) is 6.42 Å². The van der Waals surface area contributed by atoms with Gasteiger partial charge in [-0.2, -0.15) is 0 Å². The minimum Gasteiger partial charge on any atom is -0.368 e. The molecule has 0 aliphatic carbocycles. The number of hydrogen-bond acceptors (Lipinski definition) is 5. The number of carbonyl (C=O) groups excluding carboxylic acids is 1. The van der Waals surface area contributed by atoms with Crippen LogP contribution in [0, 0.1) is 0 Å². The van der Waals surface area contributed by atoms with Crippen molar-refractivity contribution in [2.75, 3.05) is 24.2 Å². The number of rotatable bonds is 1. The third-order valence-electron chi connectivity index (χ3n) is 3.20. The van der Waals surface area contributed by atoms with Crippen molar-refractivity contribution >= 4 is 51.7 Å². The Labute approximate surface area is 132 Å². The molecule has 0 saturated carbocycles. The average molecular weight is 322 g/mol. The molecule has 0 N–H and O–H groups in total. The van der Waals surface area contributed by atoms with Crippen molar-refractivity contribution in [2.24, 2.45) is 0 Å². The van der Waals surface area contributed by atoms with Crippen LogP contribution in [0.25, 0.3) is 0 Å². The maximum atomic E-state index is 12.7. The van der Waals surface area contributed by atoms with Crippen LogP contribution in [0.15, 0.2) is 40.3 Å². The highest BCUT2D eigenvalue weighted by atomic mass is 32.2. The standard InChI is InChI=1S/C14H14N2OS3/c1-15-8-5-9-19-13(15)11-12(17)16(14(18)20-11)10-6-3-2-4-7-10/h2-4,6-7H,5,8-9H2,1H3/b13-11+. The smallest absolute Gasteiger partial charge is 0.273 e. The Balaban J connectivity index is 1.96. The molecule has 20 heavy (non-hydrogen) atoms. The summed E-state index contributed by atoms with van der Waals surface area (Å²) in [5.74, 6) is 1.07. The van der Waals surface area contributed by atoms with Gasteiger partial charge in [-0.25, -0.2) is 0 Å². The summed E-state index contributed by atoms with van der Waals surface area (Å²) in [6.07, 6.45) is 1.16. The first-order valence-electron chi connectivity index (χ1n) is 6.38. The topological polar surface area (TPSA) is 23.6 Å². The van der Waals surface area contributed by atoms with Gasteiger partial charge in [0.1, 0.15) is 4.91 Å². The van der Waals surface area contributed by atoms with E-state index >= 15 is 0 Å². The largest absolute Gasteiger partial charge is 0.368 e. The van der Waals surface area contributed by atoms with Crippen molar-refractivity contribution in [3.8, 4) is 0 Å². The molecular weight excluding hydrogens is 308 g/mol. The van der Waals surface area contributed by atoms with Gasteiger partial charge in [0.15, 0.2) is 4.32 Å². The number of nitrogens with zero attached hydrogens (tertiary/aromatic N) is 2. The van der Waals surface area contributed by atoms with E-state index in [4.69, 9.17) is 12.2 Å². The van der Waals surface area contributed by atoms with E-state index in [0.717, 1.165) is 34.3 Å². The fourth-order valence-electron chi connectivity index (χ4n) is 2.22. The molecule has 1 aromatic carbocycles. The van der Waals surface area contributed by atoms with Gasteiger partial charge in [-0.05, 0) is 18.6 Å². The van der Waals surface area contributed by atoms with E-state index in [-0.39, 0.29) is 5.91 Å². The highest BCUT2D eigenvalue weighted by Crippen LogP contribution is 2.41. The minimum absolute atomic E-state index is 0.00227. The fraction of sp³-hybridized carbons (Fsp3) is 0.286. The first-order valence-corrected chi connectivity index (χ1v) is 8.59. The van der Waals surface area contributed by atoms with Crippen LogP contribution in [0.2, 0.25) is 0 Å². The van der Waals surface area contributed by atoms with Crippen LogP contribution in [0.3, 0.4) is 0 Å². The summed E-state index contributed by atoms with van der Waals surface area (Å²) in [6.45, 7) is 0.998. The summed E-state index contributed by atoms with van der Waals surface area (Å²) in [4.78, 5) is 17.2. The molecule has 2 saturated heterocycles. The van der Waals surface area contributed by atoms with Crippen molar-refractivity contribution in [3.63, 3.8) is 0 Å². The van der Waals surface area contributed by atoms with Crippen LogP contribution in [0.1, 0.15) is 6.42 Å². The number of thiocarbonyl (C=S) groups is 1. The zero-order chi connectivity index (χ0) is 14.1. The van der Waals surface area contributed by atoms with Gasteiger partial charge in [-0.1, -0.05) is 42.2 Å². The summed E-state index contributed by atoms with van der Waals surface area (Å²) in [5.41, 5.74) is 0.842. The molecule has 3 rings (SSSR count). The van der Waals surface area contributed by atoms with Gasteiger partial charge in [0.2, 0.25) is 0 Å². The number of amides is 1. The molecule has 0 aromatic heterocycles. The molecule has 0 radical (unpaired) electrons. The van der Waals surface area contributed by atoms with Crippen LogP contribution in [0.5, 0.6) is 0 Å². The number of hydrogen-bond donors (Lipinski definition) is 0. The van der Waals surface area contributed by atoms with E-state index in [1.165, 1.54) is 11.8 Å². The molecule has 3 nitrogen and oxygen atoms in total. The number of carbonyl (C=O) groups is 1. The van der Waals surface area contributed by atoms with E-state index < -0.39 is 0 Å². The highest BCUT2D eigenvalue weighted by Gasteiger charge is 2.37. The van der Waals surface area contributed by atoms with E-state index in [0.29, 0.717) is 4.32 Å². The molecule has 6 heteroatoms. The maximum absolute atomic E-state index is 12.7. The Morgan fingerprint density at radius 3 is 2.70 bits per heavy atom. The van der Waals surface area contributed by atoms with Gasteiger partial charge in [-0.3, -0.25) is 9.69 Å². The predicted octanol–water partition coefficient (Wildman–Crippen LogP) is 3.29. The molecule has 0 bridgehead atoms. The molecule has 104 valence electrons. The zero-order valence-corrected chi connectivity index (χ0v) is 13.5. The van der Waals surface area contributed by atoms with Gasteiger partial charge in [0.25, 0.3) is 5.91 Å². The van der Waals surface area contributed by atoms with Crippen LogP contribution in [0.4, 0.5) is 5.69 Å². The van der Waals surface area contributed by atoms with Crippen molar-refractivity contribution in [1.29, 1.82) is 0 Å². The number of benzene rings is 1. The number of thioether (sulfide) groups is 2. The number of para-hydroxylation sites is 1. The van der Waals surface area contributed by atoms with Crippen molar-refractivity contribution < 1.29 is 4.79 Å². The Hall–Kier alpha value is -0.980. The molecule has 2 fully saturated rings. The second kappa shape index (κ2) is 5.79. The van der Waals surface area contributed by atoms with Gasteiger partial charge in [0.05, 0.1) is 10.7 Å². The fourth-order valence-corrected chi connectivity index (χ4v) is 4.83. The van der Waals surface area contributed by atoms with Crippen molar-refractivity contribution in [1.82, 2.24) is 4.90 Å². The van der Waals surface area contributed by atoms with Crippen LogP contribution < -0.4 is 4.90 Å². The zero-order valence-electron chi connectivity index (χ0n) is 11.0. The molecule has 2 aliphatic rings. The van der Waals surface area contributed by atoms with Gasteiger partial charge < -0.3 is 4.90 Å². The van der Waals surface area contributed by atoms with E-state index in [9.17, 15) is 4.79 Å². The summed E-state index contributed by atoms with van der Waals surface area (Å²) >= 11 is 8.55. The summed E-state index contributed by atoms with van der Waals surface area (Å²) in [7, 11) is 2.04. The first kappa shape index (κ1) is 14.0. The lowest BCUT2D eigenvalue weighted by molar-refractivity contribution is -0.113. The molecule has 0 atom stereocenters. The minimum atomic E-state index is 0.00227. The van der Waals surface area contributed by atoms with Crippen LogP contribution >= 0.6 is 35.7 Å². The predicted molar refractivity (Wildman–Crippen MR) is 90.8 cm³/mol. The monoisotopic (exact) mass is 322 g/mol. The molecule has 1 aromatic rings. The highest BCUT2D eigenvalue weighted by molar-refractivity contribution is 8.27. The molecule has 0 spiro atoms. The SMILES string of the molecule is CN1CCCS/C1=C1/SC(=S)N(c2ccccc2)C1=O. The molecule has 1 amide bonds. The molecule has 2 aliphatic heterocycles. The van der Waals surface area contributed by atoms with Crippen LogP contribution in [-0.2, 0) is 4.79 Å². The third-order valence-corrected chi connectivity index (χ3v) is 5.97. The molecular formula is C14H14N2OS3. The lowest BCUT2D eigenvalue weighted by Crippen LogP contribution is -2.29. The number of anilines is 1. The lowest BCUT2D eigenvalue weighted by Gasteiger charge is -2.27. The second-order valence-electron chi connectivity index (χ2n) is 4.60. The summed E-state index contributed by atoms with van der Waals surface area (Å²) in [6, 6.07) is 9.60. The quantitative estimate of drug-likeness (QED) is 0.583. The van der Waals surface area contributed by atoms with Crippen molar-refractivity contribution in [3.05, 3.63) is 40.3 Å². The first-order chi connectivity index (χ1) is 9.68. The van der Waals surface area contributed by atoms with Crippen LogP contribution in [-0.4, -0.2) is 34.5 Å². The lowest BCUT2D eigenvalue weighted by atomic mass is 10.3. The van der Waals surface area contributed by atoms with E-state index in [2.05, 4.69) is 4.90 Å². The molecule has 2 heterocycles. The Morgan fingerprint density at radius 1 is 1.25 bits per heavy atom. The third kappa shape index (κ3) is 2.47. The second-order valence-corrected chi connectivity index (χ2v) is 7.33. The Bertz CT molecular complexity index is 585. The van der Waals surface area contributed by atoms with Gasteiger partial charge in [-0.15, -0.1) is 11.8 Å². The van der Waals surface area contributed by atoms with Gasteiger partial charge in [0, 0.05) is 19.3 Å². The maximum Gasteiger partial charge on any atom is 0.273 e. The van der Waals surface area contributed by atoms with E-state index in [1.54, 1.807) is 16.7 Å². The molecule has 0 unspecified atom stereocenters. The summed E-state index contributed by atoms with van der Waals surface area (Å²) < 4.78 is 0.614. The van der Waals surface area contributed by atoms with E-state index in [1.807, 2.05) is 37.4 Å². The van der Waals surface area contributed by atoms with Gasteiger partial charge >= 0.3 is 0 Å². The Kier molecular flexibility index (Phi) is 4.05. The average Bonchev–Trinajstić information content (AvgIpc) is 2.75.